The number of nitrogens with zero attached hydrogens (tertiary/aromatic N) is 3. The normalized spacial score (nSPS) is 11.5. The Morgan fingerprint density at radius 2 is 2.17 bits per heavy atom. The summed E-state index contributed by atoms with van der Waals surface area (Å²) < 4.78 is 7.44. The van der Waals surface area contributed by atoms with Crippen molar-refractivity contribution >= 4 is 22.8 Å². The number of fused-ring (bicyclic) bond motifs is 1. The van der Waals surface area contributed by atoms with E-state index in [1.807, 2.05) is 30.3 Å². The molecule has 0 saturated carbocycles. The second-order valence-corrected chi connectivity index (χ2v) is 5.45. The van der Waals surface area contributed by atoms with E-state index in [9.17, 15) is 4.79 Å². The number of hydrogen-bond acceptors (Lipinski definition) is 4. The highest BCUT2D eigenvalue weighted by atomic mass is 16.3. The molecule has 1 aromatic carbocycles. The van der Waals surface area contributed by atoms with Gasteiger partial charge in [0.1, 0.15) is 11.3 Å². The fraction of sp³-hybridized carbons (Fsp3) is 0.0556. The van der Waals surface area contributed by atoms with Crippen molar-refractivity contribution < 1.29 is 9.21 Å². The molecule has 6 heteroatoms. The Kier molecular flexibility index (Phi) is 3.35. The zero-order valence-corrected chi connectivity index (χ0v) is 12.9. The summed E-state index contributed by atoms with van der Waals surface area (Å²) in [5, 5.41) is 12.0. The Labute approximate surface area is 137 Å². The second kappa shape index (κ2) is 5.66. The number of benzene rings is 1. The molecule has 0 unspecified atom stereocenters. The molecular formula is C18H14N4O2. The zero-order chi connectivity index (χ0) is 16.5. The van der Waals surface area contributed by atoms with Crippen LogP contribution in [0.2, 0.25) is 0 Å². The number of nitrogens with one attached hydrogen (secondary N) is 1. The Hall–Kier alpha value is -3.41. The number of carbonyl (C=O) groups is 1. The SMILES string of the molecule is Cn1cc(C(=O)C=Cc2cn[nH]c2-c2cc3ccccc3o2)cn1. The molecule has 6 nitrogen and oxygen atoms in total. The Bertz CT molecular complexity index is 1020. The minimum atomic E-state index is -0.111. The van der Waals surface area contributed by atoms with E-state index in [0.717, 1.165) is 22.2 Å². The quantitative estimate of drug-likeness (QED) is 0.462. The first-order valence-electron chi connectivity index (χ1n) is 7.44. The summed E-state index contributed by atoms with van der Waals surface area (Å²) in [4.78, 5) is 12.1. The minimum Gasteiger partial charge on any atom is -0.454 e. The highest BCUT2D eigenvalue weighted by molar-refractivity contribution is 6.06. The fourth-order valence-electron chi connectivity index (χ4n) is 2.53. The van der Waals surface area contributed by atoms with Crippen molar-refractivity contribution in [3.63, 3.8) is 0 Å². The number of H-pyrrole nitrogens is 1. The van der Waals surface area contributed by atoms with Gasteiger partial charge in [-0.3, -0.25) is 14.6 Å². The number of allylic oxidation sites excluding steroid dienone is 1. The molecule has 0 bridgehead atoms. The van der Waals surface area contributed by atoms with E-state index < -0.39 is 0 Å². The van der Waals surface area contributed by atoms with Gasteiger partial charge in [0.15, 0.2) is 11.5 Å². The van der Waals surface area contributed by atoms with Gasteiger partial charge in [0.2, 0.25) is 0 Å². The number of aryl methyl sites for hydroxylation is 1. The van der Waals surface area contributed by atoms with Crippen molar-refractivity contribution in [2.24, 2.45) is 7.05 Å². The van der Waals surface area contributed by atoms with Crippen molar-refractivity contribution in [3.05, 3.63) is 66.1 Å². The second-order valence-electron chi connectivity index (χ2n) is 5.45. The van der Waals surface area contributed by atoms with Crippen LogP contribution in [0.3, 0.4) is 0 Å². The Morgan fingerprint density at radius 3 is 2.96 bits per heavy atom. The standard InChI is InChI=1S/C18H14N4O2/c1-22-11-14(10-20-22)15(23)7-6-13-9-19-21-18(13)17-8-12-4-2-3-5-16(12)24-17/h2-11H,1H3,(H,19,21). The van der Waals surface area contributed by atoms with E-state index >= 15 is 0 Å². The molecule has 0 aliphatic carbocycles. The van der Waals surface area contributed by atoms with Gasteiger partial charge >= 0.3 is 0 Å². The van der Waals surface area contributed by atoms with E-state index in [4.69, 9.17) is 4.42 Å². The van der Waals surface area contributed by atoms with Crippen molar-refractivity contribution in [1.82, 2.24) is 20.0 Å². The molecule has 0 atom stereocenters. The lowest BCUT2D eigenvalue weighted by Crippen LogP contribution is -1.91. The maximum absolute atomic E-state index is 12.1. The lowest BCUT2D eigenvalue weighted by atomic mass is 10.1. The van der Waals surface area contributed by atoms with Crippen LogP contribution in [0.1, 0.15) is 15.9 Å². The van der Waals surface area contributed by atoms with Gasteiger partial charge in [-0.05, 0) is 24.3 Å². The number of ketones is 1. The molecule has 3 heterocycles. The maximum Gasteiger partial charge on any atom is 0.189 e. The van der Waals surface area contributed by atoms with Crippen LogP contribution < -0.4 is 0 Å². The summed E-state index contributed by atoms with van der Waals surface area (Å²) >= 11 is 0. The van der Waals surface area contributed by atoms with Crippen LogP contribution in [-0.2, 0) is 7.05 Å². The predicted molar refractivity (Wildman–Crippen MR) is 90.4 cm³/mol. The molecule has 1 N–H and O–H groups in total. The molecule has 0 saturated heterocycles. The summed E-state index contributed by atoms with van der Waals surface area (Å²) in [6, 6.07) is 9.73. The highest BCUT2D eigenvalue weighted by Crippen LogP contribution is 2.29. The van der Waals surface area contributed by atoms with E-state index in [-0.39, 0.29) is 5.78 Å². The predicted octanol–water partition coefficient (Wildman–Crippen LogP) is 3.45. The van der Waals surface area contributed by atoms with E-state index in [1.54, 1.807) is 36.4 Å². The number of hydrogen-bond donors (Lipinski definition) is 1. The molecule has 118 valence electrons. The van der Waals surface area contributed by atoms with Crippen molar-refractivity contribution in [3.8, 4) is 11.5 Å². The van der Waals surface area contributed by atoms with Crippen LogP contribution in [0.4, 0.5) is 0 Å². The summed E-state index contributed by atoms with van der Waals surface area (Å²) in [6.07, 6.45) is 8.12. The smallest absolute Gasteiger partial charge is 0.189 e. The van der Waals surface area contributed by atoms with Gasteiger partial charge in [0, 0.05) is 24.2 Å². The molecule has 0 radical (unpaired) electrons. The first kappa shape index (κ1) is 14.2. The first-order valence-corrected chi connectivity index (χ1v) is 7.44. The van der Waals surface area contributed by atoms with Crippen molar-refractivity contribution in [1.29, 1.82) is 0 Å². The third-order valence-electron chi connectivity index (χ3n) is 3.74. The third-order valence-corrected chi connectivity index (χ3v) is 3.74. The first-order chi connectivity index (χ1) is 11.7. The molecule has 4 rings (SSSR count). The minimum absolute atomic E-state index is 0.111. The van der Waals surface area contributed by atoms with Gasteiger partial charge in [-0.1, -0.05) is 18.2 Å². The summed E-state index contributed by atoms with van der Waals surface area (Å²) in [5.74, 6) is 0.571. The van der Waals surface area contributed by atoms with Crippen LogP contribution in [-0.4, -0.2) is 25.8 Å². The number of para-hydroxylation sites is 1. The molecule has 0 aliphatic rings. The molecule has 0 amide bonds. The van der Waals surface area contributed by atoms with E-state index in [1.165, 1.54) is 6.08 Å². The highest BCUT2D eigenvalue weighted by Gasteiger charge is 2.12. The van der Waals surface area contributed by atoms with Crippen LogP contribution in [0.5, 0.6) is 0 Å². The van der Waals surface area contributed by atoms with Gasteiger partial charge in [-0.15, -0.1) is 0 Å². The number of furan rings is 1. The average Bonchev–Trinajstić information content (AvgIpc) is 3.30. The summed E-state index contributed by atoms with van der Waals surface area (Å²) in [6.45, 7) is 0. The van der Waals surface area contributed by atoms with Crippen LogP contribution >= 0.6 is 0 Å². The lowest BCUT2D eigenvalue weighted by molar-refractivity contribution is 0.104. The number of rotatable bonds is 4. The molecule has 4 aromatic rings. The number of aromatic nitrogens is 4. The van der Waals surface area contributed by atoms with Gasteiger partial charge in [0.25, 0.3) is 0 Å². The van der Waals surface area contributed by atoms with Crippen LogP contribution in [0.15, 0.2) is 59.4 Å². The molecule has 24 heavy (non-hydrogen) atoms. The maximum atomic E-state index is 12.1. The topological polar surface area (TPSA) is 76.7 Å². The average molecular weight is 318 g/mol. The fourth-order valence-corrected chi connectivity index (χ4v) is 2.53. The molecule has 3 aromatic heterocycles. The Balaban J connectivity index is 1.65. The number of aromatic amines is 1. The number of carbonyl (C=O) groups excluding carboxylic acids is 1. The Morgan fingerprint density at radius 1 is 1.29 bits per heavy atom. The summed E-state index contributed by atoms with van der Waals surface area (Å²) in [7, 11) is 1.77. The van der Waals surface area contributed by atoms with Crippen molar-refractivity contribution in [2.75, 3.05) is 0 Å². The van der Waals surface area contributed by atoms with Crippen molar-refractivity contribution in [2.45, 2.75) is 0 Å². The van der Waals surface area contributed by atoms with Gasteiger partial charge in [0.05, 0.1) is 18.0 Å². The monoisotopic (exact) mass is 318 g/mol. The van der Waals surface area contributed by atoms with Gasteiger partial charge < -0.3 is 4.42 Å². The molecular weight excluding hydrogens is 304 g/mol. The molecule has 0 fully saturated rings. The molecule has 0 aliphatic heterocycles. The summed E-state index contributed by atoms with van der Waals surface area (Å²) in [5.41, 5.74) is 2.87. The van der Waals surface area contributed by atoms with E-state index in [0.29, 0.717) is 11.3 Å². The van der Waals surface area contributed by atoms with Crippen LogP contribution in [0, 0.1) is 0 Å². The molecule has 0 spiro atoms. The van der Waals surface area contributed by atoms with Gasteiger partial charge in [-0.25, -0.2) is 0 Å². The zero-order valence-electron chi connectivity index (χ0n) is 12.9. The largest absolute Gasteiger partial charge is 0.454 e. The van der Waals surface area contributed by atoms with E-state index in [2.05, 4.69) is 15.3 Å². The van der Waals surface area contributed by atoms with Crippen LogP contribution in [0.25, 0.3) is 28.5 Å². The van der Waals surface area contributed by atoms with Gasteiger partial charge in [-0.2, -0.15) is 10.2 Å². The lowest BCUT2D eigenvalue weighted by Gasteiger charge is -1.94. The third kappa shape index (κ3) is 2.54.